The first-order valence-electron chi connectivity index (χ1n) is 3.02. The number of hydrogen-bond acceptors (Lipinski definition) is 4. The van der Waals surface area contributed by atoms with E-state index in [4.69, 9.17) is 5.73 Å². The van der Waals surface area contributed by atoms with Crippen LogP contribution in [0, 0.1) is 0 Å². The van der Waals surface area contributed by atoms with Crippen LogP contribution in [0.2, 0.25) is 0 Å². The molecule has 0 amide bonds. The summed E-state index contributed by atoms with van der Waals surface area (Å²) >= 11 is 1.40. The van der Waals surface area contributed by atoms with Crippen molar-refractivity contribution < 1.29 is 0 Å². The largest absolute Gasteiger partial charge is 0.383 e. The number of nitrogen functional groups attached to an aromatic ring is 1. The van der Waals surface area contributed by atoms with Crippen molar-refractivity contribution >= 4 is 17.6 Å². The van der Waals surface area contributed by atoms with Crippen LogP contribution >= 0.6 is 11.8 Å². The minimum Gasteiger partial charge on any atom is -0.383 e. The second kappa shape index (κ2) is 4.15. The Balaban J connectivity index is 0.00000121. The van der Waals surface area contributed by atoms with Gasteiger partial charge in [-0.3, -0.25) is 9.36 Å². The van der Waals surface area contributed by atoms with Crippen molar-refractivity contribution in [2.24, 2.45) is 7.05 Å². The SMILES string of the molecule is C.CSc1nc(N)cc(=O)n1C. The molecule has 0 radical (unpaired) electrons. The number of nitrogens with two attached hydrogens (primary N) is 1. The van der Waals surface area contributed by atoms with E-state index in [0.29, 0.717) is 5.16 Å². The monoisotopic (exact) mass is 187 g/mol. The normalized spacial score (nSPS) is 9.17. The van der Waals surface area contributed by atoms with Crippen LogP contribution in [0.4, 0.5) is 5.82 Å². The smallest absolute Gasteiger partial charge is 0.255 e. The topological polar surface area (TPSA) is 60.9 Å². The fourth-order valence-corrected chi connectivity index (χ4v) is 1.28. The van der Waals surface area contributed by atoms with E-state index in [-0.39, 0.29) is 18.8 Å². The van der Waals surface area contributed by atoms with Crippen molar-refractivity contribution in [3.05, 3.63) is 16.4 Å². The van der Waals surface area contributed by atoms with Crippen LogP contribution in [0.5, 0.6) is 0 Å². The van der Waals surface area contributed by atoms with Gasteiger partial charge in [-0.15, -0.1) is 0 Å². The van der Waals surface area contributed by atoms with Crippen molar-refractivity contribution in [1.29, 1.82) is 0 Å². The maximum Gasteiger partial charge on any atom is 0.255 e. The van der Waals surface area contributed by atoms with Gasteiger partial charge in [0.05, 0.1) is 0 Å². The number of anilines is 1. The second-order valence-electron chi connectivity index (χ2n) is 2.06. The highest BCUT2D eigenvalue weighted by molar-refractivity contribution is 7.98. The molecule has 0 fully saturated rings. The zero-order valence-corrected chi connectivity index (χ0v) is 7.18. The summed E-state index contributed by atoms with van der Waals surface area (Å²) in [6, 6.07) is 1.31. The average Bonchev–Trinajstić information content (AvgIpc) is 1.96. The van der Waals surface area contributed by atoms with E-state index in [1.54, 1.807) is 7.05 Å². The van der Waals surface area contributed by atoms with Crippen LogP contribution in [-0.4, -0.2) is 15.8 Å². The van der Waals surface area contributed by atoms with Gasteiger partial charge in [-0.1, -0.05) is 19.2 Å². The first kappa shape index (κ1) is 11.0. The summed E-state index contributed by atoms with van der Waals surface area (Å²) in [5, 5.41) is 0.634. The Bertz CT molecular complexity index is 321. The third-order valence-electron chi connectivity index (χ3n) is 1.30. The highest BCUT2D eigenvalue weighted by Crippen LogP contribution is 2.08. The molecule has 1 rings (SSSR count). The Kier molecular flexibility index (Phi) is 3.82. The van der Waals surface area contributed by atoms with Gasteiger partial charge in [0.25, 0.3) is 5.56 Å². The molecule has 1 aromatic heterocycles. The van der Waals surface area contributed by atoms with Crippen LogP contribution < -0.4 is 11.3 Å². The predicted octanol–water partition coefficient (Wildman–Crippen LogP) is 0.720. The zero-order chi connectivity index (χ0) is 8.43. The minimum atomic E-state index is -0.123. The van der Waals surface area contributed by atoms with Crippen LogP contribution in [0.3, 0.4) is 0 Å². The van der Waals surface area contributed by atoms with Crippen LogP contribution in [0.25, 0.3) is 0 Å². The fraction of sp³-hybridized carbons (Fsp3) is 0.429. The fourth-order valence-electron chi connectivity index (χ4n) is 0.718. The summed E-state index contributed by atoms with van der Waals surface area (Å²) in [4.78, 5) is 15.0. The number of nitrogens with zero attached hydrogens (tertiary/aromatic N) is 2. The number of aromatic nitrogens is 2. The molecule has 0 spiro atoms. The Hall–Kier alpha value is -0.970. The molecule has 0 saturated heterocycles. The molecule has 0 aromatic carbocycles. The van der Waals surface area contributed by atoms with Gasteiger partial charge < -0.3 is 5.73 Å². The lowest BCUT2D eigenvalue weighted by Crippen LogP contribution is -2.19. The summed E-state index contributed by atoms with van der Waals surface area (Å²) < 4.78 is 1.46. The molecular weight excluding hydrogens is 174 g/mol. The van der Waals surface area contributed by atoms with E-state index in [1.807, 2.05) is 6.26 Å². The molecule has 5 heteroatoms. The molecule has 12 heavy (non-hydrogen) atoms. The number of thioether (sulfide) groups is 1. The van der Waals surface area contributed by atoms with Crippen LogP contribution in [0.15, 0.2) is 16.0 Å². The van der Waals surface area contributed by atoms with E-state index in [1.165, 1.54) is 22.4 Å². The lowest BCUT2D eigenvalue weighted by molar-refractivity contribution is 0.714. The Morgan fingerprint density at radius 3 is 2.75 bits per heavy atom. The lowest BCUT2D eigenvalue weighted by atomic mass is 10.6. The third kappa shape index (κ3) is 2.01. The van der Waals surface area contributed by atoms with Crippen LogP contribution in [0.1, 0.15) is 7.43 Å². The molecule has 68 valence electrons. The molecular formula is C7H13N3OS. The van der Waals surface area contributed by atoms with Gasteiger partial charge in [0.2, 0.25) is 0 Å². The molecule has 2 N–H and O–H groups in total. The molecule has 0 aliphatic carbocycles. The molecule has 1 heterocycles. The predicted molar refractivity (Wildman–Crippen MR) is 52.4 cm³/mol. The Labute approximate surface area is 75.8 Å². The van der Waals surface area contributed by atoms with Gasteiger partial charge in [0, 0.05) is 13.1 Å². The molecule has 1 aromatic rings. The molecule has 0 aliphatic rings. The molecule has 4 nitrogen and oxygen atoms in total. The third-order valence-corrected chi connectivity index (χ3v) is 2.03. The van der Waals surface area contributed by atoms with Gasteiger partial charge >= 0.3 is 0 Å². The molecule has 0 saturated carbocycles. The molecule has 0 unspecified atom stereocenters. The second-order valence-corrected chi connectivity index (χ2v) is 2.84. The van der Waals surface area contributed by atoms with Crippen LogP contribution in [-0.2, 0) is 7.05 Å². The first-order chi connectivity index (χ1) is 5.15. The van der Waals surface area contributed by atoms with E-state index in [9.17, 15) is 4.79 Å². The molecule has 0 aliphatic heterocycles. The highest BCUT2D eigenvalue weighted by atomic mass is 32.2. The van der Waals surface area contributed by atoms with Gasteiger partial charge in [-0.2, -0.15) is 0 Å². The van der Waals surface area contributed by atoms with Gasteiger partial charge in [-0.05, 0) is 6.26 Å². The quantitative estimate of drug-likeness (QED) is 0.520. The highest BCUT2D eigenvalue weighted by Gasteiger charge is 2.00. The van der Waals surface area contributed by atoms with E-state index >= 15 is 0 Å². The zero-order valence-electron chi connectivity index (χ0n) is 6.37. The average molecular weight is 187 g/mol. The Morgan fingerprint density at radius 1 is 1.67 bits per heavy atom. The first-order valence-corrected chi connectivity index (χ1v) is 4.25. The summed E-state index contributed by atoms with van der Waals surface area (Å²) in [5.41, 5.74) is 5.24. The summed E-state index contributed by atoms with van der Waals surface area (Å²) in [6.07, 6.45) is 1.85. The van der Waals surface area contributed by atoms with Crippen molar-refractivity contribution in [2.75, 3.05) is 12.0 Å². The lowest BCUT2D eigenvalue weighted by Gasteiger charge is -2.02. The Morgan fingerprint density at radius 2 is 2.25 bits per heavy atom. The van der Waals surface area contributed by atoms with E-state index < -0.39 is 0 Å². The van der Waals surface area contributed by atoms with Crippen molar-refractivity contribution in [2.45, 2.75) is 12.6 Å². The maximum absolute atomic E-state index is 11.0. The van der Waals surface area contributed by atoms with Gasteiger partial charge in [0.15, 0.2) is 5.16 Å². The molecule has 0 atom stereocenters. The van der Waals surface area contributed by atoms with Crippen molar-refractivity contribution in [1.82, 2.24) is 9.55 Å². The van der Waals surface area contributed by atoms with Crippen molar-refractivity contribution in [3.63, 3.8) is 0 Å². The standard InChI is InChI=1S/C6H9N3OS.CH4/c1-9-5(10)3-4(7)8-6(9)11-2;/h3H,7H2,1-2H3;1H4. The van der Waals surface area contributed by atoms with Gasteiger partial charge in [0.1, 0.15) is 5.82 Å². The summed E-state index contributed by atoms with van der Waals surface area (Å²) in [5.74, 6) is 0.275. The van der Waals surface area contributed by atoms with E-state index in [0.717, 1.165) is 0 Å². The summed E-state index contributed by atoms with van der Waals surface area (Å²) in [6.45, 7) is 0. The summed E-state index contributed by atoms with van der Waals surface area (Å²) in [7, 11) is 1.67. The van der Waals surface area contributed by atoms with E-state index in [2.05, 4.69) is 4.98 Å². The minimum absolute atomic E-state index is 0. The molecule has 0 bridgehead atoms. The number of hydrogen-bond donors (Lipinski definition) is 1. The maximum atomic E-state index is 11.0. The van der Waals surface area contributed by atoms with Gasteiger partial charge in [-0.25, -0.2) is 4.98 Å². The number of rotatable bonds is 1. The van der Waals surface area contributed by atoms with Crippen molar-refractivity contribution in [3.8, 4) is 0 Å².